The number of alkyl carbamates (subject to hydrolysis) is 1. The summed E-state index contributed by atoms with van der Waals surface area (Å²) in [5.74, 6) is 0.969. The number of aliphatic imine (C=N–C) groups is 1. The summed E-state index contributed by atoms with van der Waals surface area (Å²) in [6.07, 6.45) is 3.59. The molecule has 31 heavy (non-hydrogen) atoms. The van der Waals surface area contributed by atoms with Gasteiger partial charge >= 0.3 is 6.09 Å². The molecule has 1 aliphatic carbocycles. The summed E-state index contributed by atoms with van der Waals surface area (Å²) < 4.78 is 17.0. The molecule has 0 spiro atoms. The van der Waals surface area contributed by atoms with E-state index in [-0.39, 0.29) is 23.2 Å². The molecule has 2 unspecified atom stereocenters. The molecule has 180 valence electrons. The number of carbonyl (C=O) groups excluding carboxylic acids is 1. The minimum absolute atomic E-state index is 0.0481. The molecule has 8 heteroatoms. The van der Waals surface area contributed by atoms with Crippen LogP contribution >= 0.6 is 0 Å². The summed E-state index contributed by atoms with van der Waals surface area (Å²) in [5, 5.41) is 6.43. The maximum atomic E-state index is 11.6. The van der Waals surface area contributed by atoms with Gasteiger partial charge in [-0.15, -0.1) is 0 Å². The van der Waals surface area contributed by atoms with Gasteiger partial charge < -0.3 is 29.7 Å². The molecule has 1 aliphatic heterocycles. The third-order valence-electron chi connectivity index (χ3n) is 6.88. The van der Waals surface area contributed by atoms with Gasteiger partial charge in [-0.3, -0.25) is 4.99 Å². The standard InChI is InChI=1S/C23H44N4O4/c1-21(2,3)31-20(28)25-12-9-15-30-17-10-13-27(14-11-17)19(24-7)26-18-16-23(6,29-8)22(18,4)5/h17-18H,9-16H2,1-8H3,(H,24,26)(H,25,28). The van der Waals surface area contributed by atoms with Gasteiger partial charge in [-0.1, -0.05) is 13.8 Å². The molecule has 8 nitrogen and oxygen atoms in total. The van der Waals surface area contributed by atoms with Crippen LogP contribution in [0.1, 0.15) is 67.2 Å². The van der Waals surface area contributed by atoms with Crippen LogP contribution < -0.4 is 10.6 Å². The van der Waals surface area contributed by atoms with Crippen LogP contribution in [0.3, 0.4) is 0 Å². The van der Waals surface area contributed by atoms with Crippen molar-refractivity contribution in [2.75, 3.05) is 40.4 Å². The predicted molar refractivity (Wildman–Crippen MR) is 123 cm³/mol. The first kappa shape index (κ1) is 25.7. The first-order valence-electron chi connectivity index (χ1n) is 11.5. The molecule has 0 radical (unpaired) electrons. The highest BCUT2D eigenvalue weighted by molar-refractivity contribution is 5.80. The third-order valence-corrected chi connectivity index (χ3v) is 6.88. The summed E-state index contributed by atoms with van der Waals surface area (Å²) in [5.41, 5.74) is -0.517. The average molecular weight is 441 g/mol. The fourth-order valence-electron chi connectivity index (χ4n) is 4.24. The van der Waals surface area contributed by atoms with Crippen molar-refractivity contribution in [3.63, 3.8) is 0 Å². The zero-order valence-electron chi connectivity index (χ0n) is 20.8. The van der Waals surface area contributed by atoms with E-state index >= 15 is 0 Å². The normalized spacial score (nSPS) is 26.9. The number of likely N-dealkylation sites (tertiary alicyclic amines) is 1. The van der Waals surface area contributed by atoms with Crippen molar-refractivity contribution in [1.29, 1.82) is 0 Å². The van der Waals surface area contributed by atoms with Crippen molar-refractivity contribution in [3.8, 4) is 0 Å². The van der Waals surface area contributed by atoms with Crippen LogP contribution in [0.2, 0.25) is 0 Å². The molecule has 0 aromatic rings. The topological polar surface area (TPSA) is 84.4 Å². The highest BCUT2D eigenvalue weighted by Crippen LogP contribution is 2.51. The number of amides is 1. The Kier molecular flexibility index (Phi) is 8.62. The Morgan fingerprint density at radius 1 is 1.19 bits per heavy atom. The highest BCUT2D eigenvalue weighted by Gasteiger charge is 2.58. The molecule has 2 fully saturated rings. The van der Waals surface area contributed by atoms with Gasteiger partial charge in [0.25, 0.3) is 0 Å². The smallest absolute Gasteiger partial charge is 0.407 e. The van der Waals surface area contributed by atoms with E-state index in [1.54, 1.807) is 7.11 Å². The maximum Gasteiger partial charge on any atom is 0.407 e. The molecule has 1 amide bonds. The van der Waals surface area contributed by atoms with Crippen molar-refractivity contribution in [2.24, 2.45) is 10.4 Å². The molecular formula is C23H44N4O4. The van der Waals surface area contributed by atoms with Crippen LogP contribution in [-0.4, -0.2) is 80.7 Å². The third kappa shape index (κ3) is 6.72. The number of guanidine groups is 1. The first-order chi connectivity index (χ1) is 14.4. The van der Waals surface area contributed by atoms with E-state index in [4.69, 9.17) is 14.2 Å². The number of rotatable bonds is 7. The summed E-state index contributed by atoms with van der Waals surface area (Å²) in [6, 6.07) is 0.350. The van der Waals surface area contributed by atoms with Gasteiger partial charge in [0, 0.05) is 51.9 Å². The Bertz CT molecular complexity index is 624. The molecule has 0 aromatic carbocycles. The lowest BCUT2D eigenvalue weighted by Crippen LogP contribution is -2.69. The van der Waals surface area contributed by atoms with Crippen LogP contribution in [-0.2, 0) is 14.2 Å². The minimum atomic E-state index is -0.470. The lowest BCUT2D eigenvalue weighted by molar-refractivity contribution is -0.177. The molecule has 0 bridgehead atoms. The lowest BCUT2D eigenvalue weighted by Gasteiger charge is -2.59. The van der Waals surface area contributed by atoms with Gasteiger partial charge in [-0.25, -0.2) is 4.79 Å². The van der Waals surface area contributed by atoms with E-state index in [0.29, 0.717) is 19.2 Å². The quantitative estimate of drug-likeness (QED) is 0.359. The molecule has 2 atom stereocenters. The molecule has 1 saturated carbocycles. The lowest BCUT2D eigenvalue weighted by atomic mass is 9.56. The second kappa shape index (κ2) is 10.4. The van der Waals surface area contributed by atoms with Crippen LogP contribution in [0.25, 0.3) is 0 Å². The summed E-state index contributed by atoms with van der Waals surface area (Å²) in [7, 11) is 3.65. The fourth-order valence-corrected chi connectivity index (χ4v) is 4.24. The largest absolute Gasteiger partial charge is 0.444 e. The van der Waals surface area contributed by atoms with Gasteiger partial charge in [0.2, 0.25) is 0 Å². The van der Waals surface area contributed by atoms with E-state index in [2.05, 4.69) is 41.3 Å². The molecular weight excluding hydrogens is 396 g/mol. The van der Waals surface area contributed by atoms with Crippen molar-refractivity contribution >= 4 is 12.1 Å². The number of hydrogen-bond donors (Lipinski definition) is 2. The predicted octanol–water partition coefficient (Wildman–Crippen LogP) is 3.16. The summed E-state index contributed by atoms with van der Waals surface area (Å²) in [4.78, 5) is 18.5. The van der Waals surface area contributed by atoms with Gasteiger partial charge in [-0.05, 0) is 53.4 Å². The molecule has 0 aromatic heterocycles. The minimum Gasteiger partial charge on any atom is -0.444 e. The van der Waals surface area contributed by atoms with Gasteiger partial charge in [0.15, 0.2) is 5.96 Å². The van der Waals surface area contributed by atoms with Gasteiger partial charge in [0.1, 0.15) is 5.60 Å². The molecule has 2 N–H and O–H groups in total. The number of methoxy groups -OCH3 is 1. The number of carbonyl (C=O) groups is 1. The zero-order valence-corrected chi connectivity index (χ0v) is 20.8. The van der Waals surface area contributed by atoms with Crippen LogP contribution in [0.5, 0.6) is 0 Å². The Labute approximate surface area is 188 Å². The highest BCUT2D eigenvalue weighted by atomic mass is 16.6. The Morgan fingerprint density at radius 2 is 1.84 bits per heavy atom. The average Bonchev–Trinajstić information content (AvgIpc) is 2.69. The second-order valence-electron chi connectivity index (χ2n) is 10.4. The number of piperidine rings is 1. The fraction of sp³-hybridized carbons (Fsp3) is 0.913. The number of hydrogen-bond acceptors (Lipinski definition) is 5. The monoisotopic (exact) mass is 440 g/mol. The van der Waals surface area contributed by atoms with Crippen molar-refractivity contribution in [3.05, 3.63) is 0 Å². The van der Waals surface area contributed by atoms with E-state index in [0.717, 1.165) is 44.7 Å². The molecule has 1 heterocycles. The number of nitrogens with one attached hydrogen (secondary N) is 2. The molecule has 1 saturated heterocycles. The van der Waals surface area contributed by atoms with Gasteiger partial charge in [0.05, 0.1) is 11.7 Å². The SMILES string of the molecule is CN=C(NC1CC(C)(OC)C1(C)C)N1CCC(OCCCNC(=O)OC(C)(C)C)CC1. The Hall–Kier alpha value is -1.54. The van der Waals surface area contributed by atoms with Crippen LogP contribution in [0.4, 0.5) is 4.79 Å². The maximum absolute atomic E-state index is 11.6. The summed E-state index contributed by atoms with van der Waals surface area (Å²) in [6.45, 7) is 15.3. The second-order valence-corrected chi connectivity index (χ2v) is 10.4. The van der Waals surface area contributed by atoms with Crippen molar-refractivity contribution in [2.45, 2.75) is 90.6 Å². The van der Waals surface area contributed by atoms with Crippen LogP contribution in [0, 0.1) is 5.41 Å². The van der Waals surface area contributed by atoms with Crippen molar-refractivity contribution < 1.29 is 19.0 Å². The Morgan fingerprint density at radius 3 is 2.35 bits per heavy atom. The van der Waals surface area contributed by atoms with E-state index in [1.807, 2.05) is 27.8 Å². The van der Waals surface area contributed by atoms with Crippen LogP contribution in [0.15, 0.2) is 4.99 Å². The van der Waals surface area contributed by atoms with Gasteiger partial charge in [-0.2, -0.15) is 0 Å². The summed E-state index contributed by atoms with van der Waals surface area (Å²) >= 11 is 0. The number of nitrogens with zero attached hydrogens (tertiary/aromatic N) is 2. The van der Waals surface area contributed by atoms with Crippen molar-refractivity contribution in [1.82, 2.24) is 15.5 Å². The zero-order chi connectivity index (χ0) is 23.3. The van der Waals surface area contributed by atoms with E-state index in [1.165, 1.54) is 0 Å². The number of ether oxygens (including phenoxy) is 3. The molecule has 2 aliphatic rings. The Balaban J connectivity index is 1.65. The van der Waals surface area contributed by atoms with E-state index < -0.39 is 5.60 Å². The van der Waals surface area contributed by atoms with E-state index in [9.17, 15) is 4.79 Å². The first-order valence-corrected chi connectivity index (χ1v) is 11.5. The molecule has 2 rings (SSSR count).